The minimum Gasteiger partial charge on any atom is -0.268 e. The predicted molar refractivity (Wildman–Crippen MR) is 86.5 cm³/mol. The molecule has 0 bridgehead atoms. The molecule has 2 aromatic rings. The van der Waals surface area contributed by atoms with E-state index in [9.17, 15) is 13.2 Å². The molecule has 0 radical (unpaired) electrons. The number of hydrogen-bond donors (Lipinski definition) is 1. The largest absolute Gasteiger partial charge is 0.268 e. The normalized spacial score (nSPS) is 11.3. The molecule has 0 aliphatic heterocycles. The summed E-state index contributed by atoms with van der Waals surface area (Å²) in [5, 5.41) is 0. The number of aryl methyl sites for hydroxylation is 4. The Morgan fingerprint density at radius 1 is 0.818 bits per heavy atom. The second-order valence-electron chi connectivity index (χ2n) is 5.48. The van der Waals surface area contributed by atoms with Crippen LogP contribution in [0.4, 0.5) is 0 Å². The summed E-state index contributed by atoms with van der Waals surface area (Å²) < 4.78 is 26.7. The molecule has 4 nitrogen and oxygen atoms in total. The van der Waals surface area contributed by atoms with Crippen LogP contribution in [0.15, 0.2) is 41.3 Å². The van der Waals surface area contributed by atoms with Crippen LogP contribution in [0.3, 0.4) is 0 Å². The quantitative estimate of drug-likeness (QED) is 0.946. The Balaban J connectivity index is 2.29. The minimum atomic E-state index is -3.87. The topological polar surface area (TPSA) is 63.2 Å². The molecule has 5 heteroatoms. The highest BCUT2D eigenvalue weighted by atomic mass is 32.2. The highest BCUT2D eigenvalue weighted by Crippen LogP contribution is 2.16. The fourth-order valence-electron chi connectivity index (χ4n) is 2.00. The van der Waals surface area contributed by atoms with E-state index >= 15 is 0 Å². The summed E-state index contributed by atoms with van der Waals surface area (Å²) in [5.74, 6) is -0.624. The Kier molecular flexibility index (Phi) is 4.37. The molecule has 0 atom stereocenters. The molecule has 0 aliphatic carbocycles. The third-order valence-electron chi connectivity index (χ3n) is 3.78. The molecule has 0 aliphatic rings. The Bertz CT molecular complexity index is 839. The lowest BCUT2D eigenvalue weighted by atomic mass is 10.1. The van der Waals surface area contributed by atoms with Gasteiger partial charge in [0.2, 0.25) is 0 Å². The van der Waals surface area contributed by atoms with E-state index in [1.54, 1.807) is 30.3 Å². The van der Waals surface area contributed by atoms with Crippen LogP contribution in [-0.4, -0.2) is 14.3 Å². The highest BCUT2D eigenvalue weighted by molar-refractivity contribution is 7.90. The maximum Gasteiger partial charge on any atom is 0.265 e. The standard InChI is InChI=1S/C17H19NO3S/c1-11-5-7-15(9-13(11)3)17(19)18-22(20,21)16-8-6-12(2)14(4)10-16/h5-10H,1-4H3,(H,18,19). The number of hydrogen-bond acceptors (Lipinski definition) is 3. The highest BCUT2D eigenvalue weighted by Gasteiger charge is 2.19. The monoisotopic (exact) mass is 317 g/mol. The summed E-state index contributed by atoms with van der Waals surface area (Å²) in [4.78, 5) is 12.2. The molecule has 0 saturated carbocycles. The fraction of sp³-hybridized carbons (Fsp3) is 0.235. The van der Waals surface area contributed by atoms with Gasteiger partial charge < -0.3 is 0 Å². The van der Waals surface area contributed by atoms with Crippen LogP contribution in [0.25, 0.3) is 0 Å². The first-order valence-corrected chi connectivity index (χ1v) is 8.40. The molecule has 1 N–H and O–H groups in total. The Morgan fingerprint density at radius 3 is 1.91 bits per heavy atom. The number of benzene rings is 2. The van der Waals surface area contributed by atoms with Crippen molar-refractivity contribution in [1.82, 2.24) is 4.72 Å². The molecule has 0 saturated heterocycles. The number of amides is 1. The molecule has 1 amide bonds. The second kappa shape index (κ2) is 5.93. The minimum absolute atomic E-state index is 0.0905. The summed E-state index contributed by atoms with van der Waals surface area (Å²) >= 11 is 0. The third kappa shape index (κ3) is 3.36. The fourth-order valence-corrected chi connectivity index (χ4v) is 3.06. The summed E-state index contributed by atoms with van der Waals surface area (Å²) in [6.45, 7) is 7.55. The van der Waals surface area contributed by atoms with E-state index in [1.807, 2.05) is 27.7 Å². The summed E-state index contributed by atoms with van der Waals surface area (Å²) in [5.41, 5.74) is 4.18. The van der Waals surface area contributed by atoms with Crippen LogP contribution in [0, 0.1) is 27.7 Å². The molecule has 0 aromatic heterocycles. The number of sulfonamides is 1. The van der Waals surface area contributed by atoms with Crippen LogP contribution in [-0.2, 0) is 10.0 Å². The van der Waals surface area contributed by atoms with Crippen molar-refractivity contribution in [3.05, 3.63) is 64.2 Å². The predicted octanol–water partition coefficient (Wildman–Crippen LogP) is 3.04. The van der Waals surface area contributed by atoms with E-state index in [2.05, 4.69) is 4.72 Å². The summed E-state index contributed by atoms with van der Waals surface area (Å²) in [6, 6.07) is 9.88. The maximum absolute atomic E-state index is 12.3. The van der Waals surface area contributed by atoms with Crippen LogP contribution in [0.2, 0.25) is 0 Å². The number of nitrogens with one attached hydrogen (secondary N) is 1. The van der Waals surface area contributed by atoms with Crippen molar-refractivity contribution in [2.24, 2.45) is 0 Å². The zero-order valence-electron chi connectivity index (χ0n) is 13.1. The van der Waals surface area contributed by atoms with Crippen molar-refractivity contribution in [2.75, 3.05) is 0 Å². The van der Waals surface area contributed by atoms with Gasteiger partial charge in [-0.05, 0) is 74.2 Å². The van der Waals surface area contributed by atoms with Crippen LogP contribution >= 0.6 is 0 Å². The molecule has 22 heavy (non-hydrogen) atoms. The number of carbonyl (C=O) groups is 1. The first-order chi connectivity index (χ1) is 10.2. The molecule has 0 unspecified atom stereocenters. The zero-order valence-corrected chi connectivity index (χ0v) is 13.9. The van der Waals surface area contributed by atoms with Crippen molar-refractivity contribution < 1.29 is 13.2 Å². The smallest absolute Gasteiger partial charge is 0.265 e. The molecular weight excluding hydrogens is 298 g/mol. The first kappa shape index (κ1) is 16.2. The number of carbonyl (C=O) groups excluding carboxylic acids is 1. The van der Waals surface area contributed by atoms with E-state index in [-0.39, 0.29) is 4.90 Å². The number of rotatable bonds is 3. The van der Waals surface area contributed by atoms with Gasteiger partial charge >= 0.3 is 0 Å². The molecule has 0 fully saturated rings. The van der Waals surface area contributed by atoms with Gasteiger partial charge in [0.25, 0.3) is 15.9 Å². The average molecular weight is 317 g/mol. The van der Waals surface area contributed by atoms with E-state index < -0.39 is 15.9 Å². The van der Waals surface area contributed by atoms with Gasteiger partial charge in [-0.25, -0.2) is 13.1 Å². The van der Waals surface area contributed by atoms with Crippen molar-refractivity contribution in [1.29, 1.82) is 0 Å². The first-order valence-electron chi connectivity index (χ1n) is 6.92. The summed E-state index contributed by atoms with van der Waals surface area (Å²) in [7, 11) is -3.87. The van der Waals surface area contributed by atoms with E-state index in [4.69, 9.17) is 0 Å². The van der Waals surface area contributed by atoms with Crippen molar-refractivity contribution in [2.45, 2.75) is 32.6 Å². The third-order valence-corrected chi connectivity index (χ3v) is 5.11. The van der Waals surface area contributed by atoms with Gasteiger partial charge in [-0.15, -0.1) is 0 Å². The SMILES string of the molecule is Cc1ccc(C(=O)NS(=O)(=O)c2ccc(C)c(C)c2)cc1C. The van der Waals surface area contributed by atoms with Crippen molar-refractivity contribution in [3.63, 3.8) is 0 Å². The van der Waals surface area contributed by atoms with Gasteiger partial charge in [0.1, 0.15) is 0 Å². The van der Waals surface area contributed by atoms with Gasteiger partial charge in [-0.2, -0.15) is 0 Å². The molecule has 2 rings (SSSR count). The molecule has 0 heterocycles. The maximum atomic E-state index is 12.3. The van der Waals surface area contributed by atoms with E-state index in [0.717, 1.165) is 22.3 Å². The lowest BCUT2D eigenvalue weighted by Gasteiger charge is -2.10. The summed E-state index contributed by atoms with van der Waals surface area (Å²) in [6.07, 6.45) is 0. The van der Waals surface area contributed by atoms with E-state index in [0.29, 0.717) is 5.56 Å². The van der Waals surface area contributed by atoms with Crippen LogP contribution in [0.1, 0.15) is 32.6 Å². The Morgan fingerprint density at radius 2 is 1.36 bits per heavy atom. The van der Waals surface area contributed by atoms with Gasteiger partial charge in [-0.1, -0.05) is 12.1 Å². The lowest BCUT2D eigenvalue weighted by Crippen LogP contribution is -2.30. The molecule has 0 spiro atoms. The van der Waals surface area contributed by atoms with Crippen molar-refractivity contribution in [3.8, 4) is 0 Å². The molecule has 2 aromatic carbocycles. The molecule has 116 valence electrons. The Hall–Kier alpha value is -2.14. The van der Waals surface area contributed by atoms with Crippen LogP contribution in [0.5, 0.6) is 0 Å². The zero-order chi connectivity index (χ0) is 16.5. The molecular formula is C17H19NO3S. The Labute approximate surface area is 131 Å². The van der Waals surface area contributed by atoms with E-state index in [1.165, 1.54) is 6.07 Å². The van der Waals surface area contributed by atoms with Gasteiger partial charge in [0.15, 0.2) is 0 Å². The van der Waals surface area contributed by atoms with Gasteiger partial charge in [0, 0.05) is 5.56 Å². The second-order valence-corrected chi connectivity index (χ2v) is 7.16. The van der Waals surface area contributed by atoms with Gasteiger partial charge in [0.05, 0.1) is 4.90 Å². The average Bonchev–Trinajstić information content (AvgIpc) is 2.44. The van der Waals surface area contributed by atoms with Crippen LogP contribution < -0.4 is 4.72 Å². The lowest BCUT2D eigenvalue weighted by molar-refractivity contribution is 0.0981. The van der Waals surface area contributed by atoms with Gasteiger partial charge in [-0.3, -0.25) is 4.79 Å². The van der Waals surface area contributed by atoms with Crippen molar-refractivity contribution >= 4 is 15.9 Å².